The fraction of sp³-hybridized carbons (Fsp3) is 0.562. The van der Waals surface area contributed by atoms with Crippen molar-refractivity contribution in [3.8, 4) is 0 Å². The average molecular weight is 275 g/mol. The molecule has 0 bridgehead atoms. The number of benzene rings is 1. The molecule has 2 atom stereocenters. The number of anilines is 1. The minimum atomic E-state index is 0.0282. The number of carbonyl (C=O) groups is 1. The number of rotatable bonds is 4. The third-order valence-electron chi connectivity index (χ3n) is 4.09. The van der Waals surface area contributed by atoms with Gasteiger partial charge in [-0.3, -0.25) is 4.79 Å². The summed E-state index contributed by atoms with van der Waals surface area (Å²) in [5, 5.41) is 6.28. The maximum Gasteiger partial charge on any atom is 0.238 e. The van der Waals surface area contributed by atoms with Gasteiger partial charge >= 0.3 is 0 Å². The van der Waals surface area contributed by atoms with Crippen LogP contribution in [0.4, 0.5) is 5.69 Å². The van der Waals surface area contributed by atoms with Crippen LogP contribution >= 0.6 is 0 Å². The highest BCUT2D eigenvalue weighted by Gasteiger charge is 2.22. The molecule has 0 aliphatic carbocycles. The van der Waals surface area contributed by atoms with Crippen molar-refractivity contribution >= 4 is 11.6 Å². The van der Waals surface area contributed by atoms with Gasteiger partial charge in [-0.2, -0.15) is 0 Å². The van der Waals surface area contributed by atoms with Crippen molar-refractivity contribution in [2.75, 3.05) is 25.5 Å². The smallest absolute Gasteiger partial charge is 0.238 e. The second-order valence-corrected chi connectivity index (χ2v) is 5.85. The van der Waals surface area contributed by atoms with Crippen LogP contribution in [0.5, 0.6) is 0 Å². The van der Waals surface area contributed by atoms with Crippen molar-refractivity contribution < 1.29 is 4.79 Å². The van der Waals surface area contributed by atoms with Crippen molar-refractivity contribution in [1.82, 2.24) is 10.2 Å². The Bertz CT molecular complexity index is 444. The summed E-state index contributed by atoms with van der Waals surface area (Å²) in [6.45, 7) is 5.75. The molecule has 0 saturated carbocycles. The van der Waals surface area contributed by atoms with Gasteiger partial charge in [-0.25, -0.2) is 0 Å². The summed E-state index contributed by atoms with van der Waals surface area (Å²) >= 11 is 0. The highest BCUT2D eigenvalue weighted by molar-refractivity contribution is 5.92. The number of nitrogens with zero attached hydrogens (tertiary/aromatic N) is 1. The Hall–Kier alpha value is -1.39. The van der Waals surface area contributed by atoms with E-state index in [2.05, 4.69) is 29.5 Å². The predicted octanol–water partition coefficient (Wildman–Crippen LogP) is 2.01. The minimum absolute atomic E-state index is 0.0282. The maximum absolute atomic E-state index is 11.9. The van der Waals surface area contributed by atoms with Crippen molar-refractivity contribution in [3.05, 3.63) is 29.8 Å². The molecular formula is C16H25N3O. The van der Waals surface area contributed by atoms with Crippen molar-refractivity contribution in [2.24, 2.45) is 0 Å². The van der Waals surface area contributed by atoms with E-state index in [4.69, 9.17) is 0 Å². The van der Waals surface area contributed by atoms with Crippen LogP contribution < -0.4 is 10.6 Å². The van der Waals surface area contributed by atoms with Gasteiger partial charge in [0.2, 0.25) is 5.91 Å². The van der Waals surface area contributed by atoms with Gasteiger partial charge < -0.3 is 15.5 Å². The molecule has 1 saturated heterocycles. The first-order valence-electron chi connectivity index (χ1n) is 7.35. The highest BCUT2D eigenvalue weighted by Crippen LogP contribution is 2.15. The van der Waals surface area contributed by atoms with E-state index in [9.17, 15) is 4.79 Å². The van der Waals surface area contributed by atoms with E-state index >= 15 is 0 Å². The average Bonchev–Trinajstić information content (AvgIpc) is 2.43. The number of hydrogen-bond donors (Lipinski definition) is 2. The molecule has 1 aromatic rings. The van der Waals surface area contributed by atoms with Crippen LogP contribution in [0.3, 0.4) is 0 Å². The van der Waals surface area contributed by atoms with Gasteiger partial charge in [0, 0.05) is 17.8 Å². The Labute approximate surface area is 121 Å². The van der Waals surface area contributed by atoms with Crippen LogP contribution in [-0.2, 0) is 4.79 Å². The number of likely N-dealkylation sites (tertiary alicyclic amines) is 1. The Balaban J connectivity index is 1.74. The summed E-state index contributed by atoms with van der Waals surface area (Å²) in [6, 6.07) is 8.91. The number of piperidine rings is 1. The van der Waals surface area contributed by atoms with E-state index in [1.54, 1.807) is 0 Å². The molecule has 1 fully saturated rings. The second-order valence-electron chi connectivity index (χ2n) is 5.85. The number of amides is 1. The molecule has 110 valence electrons. The molecule has 20 heavy (non-hydrogen) atoms. The van der Waals surface area contributed by atoms with Crippen LogP contribution in [0.15, 0.2) is 24.3 Å². The van der Waals surface area contributed by atoms with Crippen LogP contribution in [0.1, 0.15) is 25.3 Å². The molecule has 1 aliphatic heterocycles. The third kappa shape index (κ3) is 4.32. The molecule has 1 amide bonds. The van der Waals surface area contributed by atoms with Crippen molar-refractivity contribution in [1.29, 1.82) is 0 Å². The zero-order chi connectivity index (χ0) is 14.5. The van der Waals surface area contributed by atoms with Gasteiger partial charge in [0.05, 0.1) is 6.54 Å². The van der Waals surface area contributed by atoms with Crippen molar-refractivity contribution in [3.63, 3.8) is 0 Å². The van der Waals surface area contributed by atoms with Gasteiger partial charge in [-0.05, 0) is 52.4 Å². The predicted molar refractivity (Wildman–Crippen MR) is 82.9 cm³/mol. The molecule has 2 N–H and O–H groups in total. The van der Waals surface area contributed by atoms with Gasteiger partial charge in [0.25, 0.3) is 0 Å². The molecule has 4 heteroatoms. The van der Waals surface area contributed by atoms with Crippen molar-refractivity contribution in [2.45, 2.75) is 38.8 Å². The molecule has 2 rings (SSSR count). The standard InChI is InChI=1S/C16H25N3O/c1-12-4-6-14(7-5-12)18-16(20)11-17-15-8-9-19(3)13(2)10-15/h4-7,13,15,17H,8-11H2,1-3H3,(H,18,20). The Kier molecular flexibility index (Phi) is 5.15. The monoisotopic (exact) mass is 275 g/mol. The lowest BCUT2D eigenvalue weighted by Crippen LogP contribution is -2.47. The number of nitrogens with one attached hydrogen (secondary N) is 2. The van der Waals surface area contributed by atoms with Gasteiger partial charge in [0.1, 0.15) is 0 Å². The molecule has 1 aromatic carbocycles. The number of carbonyl (C=O) groups excluding carboxylic acids is 1. The number of hydrogen-bond acceptors (Lipinski definition) is 3. The zero-order valence-corrected chi connectivity index (χ0v) is 12.6. The topological polar surface area (TPSA) is 44.4 Å². The van der Waals surface area contributed by atoms with E-state index in [-0.39, 0.29) is 5.91 Å². The zero-order valence-electron chi connectivity index (χ0n) is 12.6. The summed E-state index contributed by atoms with van der Waals surface area (Å²) in [6.07, 6.45) is 2.22. The van der Waals surface area contributed by atoms with E-state index in [0.717, 1.165) is 25.1 Å². The Morgan fingerprint density at radius 3 is 2.70 bits per heavy atom. The third-order valence-corrected chi connectivity index (χ3v) is 4.09. The quantitative estimate of drug-likeness (QED) is 0.883. The molecule has 4 nitrogen and oxygen atoms in total. The van der Waals surface area contributed by atoms with E-state index in [0.29, 0.717) is 18.6 Å². The fourth-order valence-corrected chi connectivity index (χ4v) is 2.55. The van der Waals surface area contributed by atoms with Gasteiger partial charge in [-0.15, -0.1) is 0 Å². The minimum Gasteiger partial charge on any atom is -0.325 e. The summed E-state index contributed by atoms with van der Waals surface area (Å²) < 4.78 is 0. The Morgan fingerprint density at radius 2 is 2.05 bits per heavy atom. The van der Waals surface area contributed by atoms with E-state index in [1.165, 1.54) is 5.56 Å². The normalized spacial score (nSPS) is 23.6. The highest BCUT2D eigenvalue weighted by atomic mass is 16.1. The summed E-state index contributed by atoms with van der Waals surface area (Å²) in [4.78, 5) is 14.3. The van der Waals surface area contributed by atoms with E-state index in [1.807, 2.05) is 31.2 Å². The summed E-state index contributed by atoms with van der Waals surface area (Å²) in [7, 11) is 2.16. The molecular weight excluding hydrogens is 250 g/mol. The molecule has 0 aromatic heterocycles. The summed E-state index contributed by atoms with van der Waals surface area (Å²) in [5.41, 5.74) is 2.06. The maximum atomic E-state index is 11.9. The van der Waals surface area contributed by atoms with Crippen LogP contribution in [0.25, 0.3) is 0 Å². The van der Waals surface area contributed by atoms with Gasteiger partial charge in [-0.1, -0.05) is 17.7 Å². The first-order chi connectivity index (χ1) is 9.54. The SMILES string of the molecule is Cc1ccc(NC(=O)CNC2CCN(C)C(C)C2)cc1. The van der Waals surface area contributed by atoms with E-state index < -0.39 is 0 Å². The first kappa shape index (κ1) is 15.0. The molecule has 1 heterocycles. The lowest BCUT2D eigenvalue weighted by Gasteiger charge is -2.35. The van der Waals surface area contributed by atoms with Crippen LogP contribution in [0, 0.1) is 6.92 Å². The molecule has 0 spiro atoms. The summed E-state index contributed by atoms with van der Waals surface area (Å²) in [5.74, 6) is 0.0282. The number of aryl methyl sites for hydroxylation is 1. The molecule has 1 aliphatic rings. The van der Waals surface area contributed by atoms with Gasteiger partial charge in [0.15, 0.2) is 0 Å². The largest absolute Gasteiger partial charge is 0.325 e. The van der Waals surface area contributed by atoms with Crippen LogP contribution in [0.2, 0.25) is 0 Å². The fourth-order valence-electron chi connectivity index (χ4n) is 2.55. The second kappa shape index (κ2) is 6.86. The molecule has 2 unspecified atom stereocenters. The lowest BCUT2D eigenvalue weighted by atomic mass is 9.99. The Morgan fingerprint density at radius 1 is 1.35 bits per heavy atom. The van der Waals surface area contributed by atoms with Crippen LogP contribution in [-0.4, -0.2) is 43.0 Å². The lowest BCUT2D eigenvalue weighted by molar-refractivity contribution is -0.115. The molecule has 0 radical (unpaired) electrons. The first-order valence-corrected chi connectivity index (χ1v) is 7.35.